The van der Waals surface area contributed by atoms with Gasteiger partial charge in [0.2, 0.25) is 0 Å². The van der Waals surface area contributed by atoms with Crippen molar-refractivity contribution in [2.75, 3.05) is 37.6 Å². The molecular weight excluding hydrogens is 380 g/mol. The van der Waals surface area contributed by atoms with Crippen LogP contribution in [-0.2, 0) is 6.54 Å². The molecule has 2 unspecified atom stereocenters. The molecule has 2 atom stereocenters. The average molecular weight is 406 g/mol. The fraction of sp³-hybridized carbons (Fsp3) is 0.476. The van der Waals surface area contributed by atoms with E-state index in [0.29, 0.717) is 18.4 Å². The Morgan fingerprint density at radius 1 is 1.00 bits per heavy atom. The topological polar surface area (TPSA) is 85.0 Å². The van der Waals surface area contributed by atoms with Crippen molar-refractivity contribution in [3.05, 3.63) is 58.8 Å². The molecule has 0 saturated carbocycles. The number of fused-ring (bicyclic) bond motifs is 1. The van der Waals surface area contributed by atoms with E-state index in [9.17, 15) is 4.79 Å². The summed E-state index contributed by atoms with van der Waals surface area (Å²) in [6.07, 6.45) is 6.43. The molecule has 9 heteroatoms. The quantitative estimate of drug-likeness (QED) is 0.622. The third-order valence-electron chi connectivity index (χ3n) is 6.21. The van der Waals surface area contributed by atoms with Crippen LogP contribution in [0.25, 0.3) is 5.82 Å². The normalized spacial score (nSPS) is 21.3. The van der Waals surface area contributed by atoms with E-state index in [1.807, 2.05) is 24.6 Å². The zero-order valence-corrected chi connectivity index (χ0v) is 17.3. The maximum atomic E-state index is 11.8. The van der Waals surface area contributed by atoms with Crippen LogP contribution in [0.2, 0.25) is 0 Å². The number of hydrogen-bond acceptors (Lipinski definition) is 7. The maximum absolute atomic E-state index is 11.8. The van der Waals surface area contributed by atoms with Gasteiger partial charge in [0.15, 0.2) is 5.82 Å². The van der Waals surface area contributed by atoms with Crippen molar-refractivity contribution in [3.8, 4) is 5.82 Å². The first-order valence-electron chi connectivity index (χ1n) is 10.4. The van der Waals surface area contributed by atoms with Crippen molar-refractivity contribution >= 4 is 5.82 Å². The molecule has 3 aromatic rings. The van der Waals surface area contributed by atoms with E-state index in [-0.39, 0.29) is 5.56 Å². The molecule has 5 heterocycles. The third kappa shape index (κ3) is 3.60. The molecule has 30 heavy (non-hydrogen) atoms. The molecule has 156 valence electrons. The van der Waals surface area contributed by atoms with Crippen LogP contribution in [0.3, 0.4) is 0 Å². The summed E-state index contributed by atoms with van der Waals surface area (Å²) in [5, 5.41) is 4.54. The molecule has 2 saturated heterocycles. The molecule has 9 nitrogen and oxygen atoms in total. The second-order valence-corrected chi connectivity index (χ2v) is 8.37. The van der Waals surface area contributed by atoms with Gasteiger partial charge in [-0.05, 0) is 31.7 Å². The summed E-state index contributed by atoms with van der Waals surface area (Å²) < 4.78 is 3.61. The van der Waals surface area contributed by atoms with Crippen LogP contribution in [0.4, 0.5) is 5.82 Å². The highest BCUT2D eigenvalue weighted by Crippen LogP contribution is 2.33. The monoisotopic (exact) mass is 406 g/mol. The predicted molar refractivity (Wildman–Crippen MR) is 113 cm³/mol. The van der Waals surface area contributed by atoms with E-state index in [2.05, 4.69) is 35.9 Å². The Morgan fingerprint density at radius 2 is 1.77 bits per heavy atom. The van der Waals surface area contributed by atoms with Gasteiger partial charge in [0.25, 0.3) is 5.56 Å². The minimum atomic E-state index is -0.0368. The van der Waals surface area contributed by atoms with E-state index in [4.69, 9.17) is 0 Å². The molecule has 2 aliphatic heterocycles. The lowest BCUT2D eigenvalue weighted by atomic mass is 10.0. The molecular formula is C21H26N8O. The fourth-order valence-corrected chi connectivity index (χ4v) is 4.75. The van der Waals surface area contributed by atoms with Crippen LogP contribution in [0, 0.1) is 25.7 Å². The van der Waals surface area contributed by atoms with E-state index < -0.39 is 0 Å². The van der Waals surface area contributed by atoms with Crippen LogP contribution >= 0.6 is 0 Å². The number of nitrogens with zero attached hydrogens (tertiary/aromatic N) is 8. The van der Waals surface area contributed by atoms with Gasteiger partial charge >= 0.3 is 0 Å². The predicted octanol–water partition coefficient (Wildman–Crippen LogP) is 0.904. The molecule has 0 amide bonds. The Balaban J connectivity index is 1.22. The number of hydrogen-bond donors (Lipinski definition) is 0. The first-order valence-corrected chi connectivity index (χ1v) is 10.4. The van der Waals surface area contributed by atoms with Crippen LogP contribution in [0.5, 0.6) is 0 Å². The molecule has 0 aliphatic carbocycles. The first-order chi connectivity index (χ1) is 14.6. The lowest BCUT2D eigenvalue weighted by Gasteiger charge is -2.22. The van der Waals surface area contributed by atoms with E-state index >= 15 is 0 Å². The molecule has 0 bridgehead atoms. The molecule has 0 N–H and O–H groups in total. The van der Waals surface area contributed by atoms with Gasteiger partial charge in [-0.2, -0.15) is 5.10 Å². The molecule has 5 rings (SSSR count). The number of anilines is 1. The SMILES string of the molecule is Cc1cc(C)n(-c2cc(N3CC4CN(CCn5ccncc5=O)CC4C3)ncn2)n1. The zero-order valence-electron chi connectivity index (χ0n) is 17.3. The summed E-state index contributed by atoms with van der Waals surface area (Å²) in [5.74, 6) is 3.04. The summed E-state index contributed by atoms with van der Waals surface area (Å²) in [4.78, 5) is 29.5. The van der Waals surface area contributed by atoms with Crippen LogP contribution < -0.4 is 10.5 Å². The highest BCUT2D eigenvalue weighted by atomic mass is 16.1. The lowest BCUT2D eigenvalue weighted by Crippen LogP contribution is -2.33. The Kier molecular flexibility index (Phi) is 4.82. The van der Waals surface area contributed by atoms with E-state index in [0.717, 1.165) is 55.7 Å². The number of aromatic nitrogens is 6. The highest BCUT2D eigenvalue weighted by Gasteiger charge is 2.40. The van der Waals surface area contributed by atoms with Gasteiger partial charge < -0.3 is 14.4 Å². The first kappa shape index (κ1) is 18.9. The van der Waals surface area contributed by atoms with Gasteiger partial charge in [-0.1, -0.05) is 0 Å². The second kappa shape index (κ2) is 7.64. The summed E-state index contributed by atoms with van der Waals surface area (Å²) >= 11 is 0. The largest absolute Gasteiger partial charge is 0.356 e. The Hall–Kier alpha value is -3.07. The van der Waals surface area contributed by atoms with Gasteiger partial charge in [0.1, 0.15) is 12.1 Å². The minimum Gasteiger partial charge on any atom is -0.356 e. The van der Waals surface area contributed by atoms with Crippen molar-refractivity contribution in [1.82, 2.24) is 34.2 Å². The van der Waals surface area contributed by atoms with Crippen LogP contribution in [0.15, 0.2) is 41.8 Å². The summed E-state index contributed by atoms with van der Waals surface area (Å²) in [5.41, 5.74) is 2.02. The number of rotatable bonds is 5. The number of likely N-dealkylation sites (tertiary alicyclic amines) is 1. The van der Waals surface area contributed by atoms with Crippen molar-refractivity contribution in [1.29, 1.82) is 0 Å². The second-order valence-electron chi connectivity index (χ2n) is 8.37. The van der Waals surface area contributed by atoms with Crippen LogP contribution in [-0.4, -0.2) is 66.9 Å². The van der Waals surface area contributed by atoms with Gasteiger partial charge in [0, 0.05) is 63.4 Å². The van der Waals surface area contributed by atoms with E-state index in [1.54, 1.807) is 23.3 Å². The van der Waals surface area contributed by atoms with Crippen molar-refractivity contribution in [3.63, 3.8) is 0 Å². The van der Waals surface area contributed by atoms with Gasteiger partial charge in [-0.15, -0.1) is 0 Å². The van der Waals surface area contributed by atoms with Gasteiger partial charge in [-0.3, -0.25) is 9.78 Å². The number of aryl methyl sites for hydroxylation is 2. The molecule has 2 fully saturated rings. The minimum absolute atomic E-state index is 0.0368. The Labute approximate surface area is 175 Å². The Morgan fingerprint density at radius 3 is 2.47 bits per heavy atom. The molecule has 0 radical (unpaired) electrons. The van der Waals surface area contributed by atoms with Crippen molar-refractivity contribution in [2.24, 2.45) is 11.8 Å². The Bertz CT molecular complexity index is 1090. The summed E-state index contributed by atoms with van der Waals surface area (Å²) in [7, 11) is 0. The van der Waals surface area contributed by atoms with Crippen molar-refractivity contribution < 1.29 is 0 Å². The molecule has 0 spiro atoms. The summed E-state index contributed by atoms with van der Waals surface area (Å²) in [6, 6.07) is 4.09. The fourth-order valence-electron chi connectivity index (χ4n) is 4.75. The summed E-state index contributed by atoms with van der Waals surface area (Å²) in [6.45, 7) is 9.77. The van der Waals surface area contributed by atoms with Gasteiger partial charge in [-0.25, -0.2) is 14.6 Å². The molecule has 0 aromatic carbocycles. The smallest absolute Gasteiger partial charge is 0.269 e. The highest BCUT2D eigenvalue weighted by molar-refractivity contribution is 5.45. The average Bonchev–Trinajstić information content (AvgIpc) is 3.40. The van der Waals surface area contributed by atoms with Gasteiger partial charge in [0.05, 0.1) is 11.9 Å². The standard InChI is InChI=1S/C21H26N8O/c1-15-7-16(2)29(25-15)20-8-19(23-14-24-20)28-12-17-10-26(11-18(17)13-28)5-6-27-4-3-22-9-21(27)30/h3-4,7-9,14,17-18H,5-6,10-13H2,1-2H3. The third-order valence-corrected chi connectivity index (χ3v) is 6.21. The lowest BCUT2D eigenvalue weighted by molar-refractivity contribution is 0.300. The zero-order chi connectivity index (χ0) is 20.7. The molecule has 3 aromatic heterocycles. The van der Waals surface area contributed by atoms with Crippen molar-refractivity contribution in [2.45, 2.75) is 20.4 Å². The van der Waals surface area contributed by atoms with Crippen LogP contribution in [0.1, 0.15) is 11.4 Å². The molecule has 2 aliphatic rings. The van der Waals surface area contributed by atoms with E-state index in [1.165, 1.54) is 6.20 Å². The maximum Gasteiger partial charge on any atom is 0.269 e.